The van der Waals surface area contributed by atoms with Crippen LogP contribution in [-0.2, 0) is 4.79 Å². The van der Waals surface area contributed by atoms with Crippen molar-refractivity contribution < 1.29 is 19.4 Å². The third kappa shape index (κ3) is 4.12. The van der Waals surface area contributed by atoms with Crippen LogP contribution >= 0.6 is 0 Å². The Kier molecular flexibility index (Phi) is 6.03. The Bertz CT molecular complexity index is 667. The standard InChI is InChI=1S/C21H27NO4/c1-25-19-11-10-16(12-20(19)26-17-4-2-3-5-17)18(13-22)14-6-8-15(9-7-14)21(23)24/h10-12,14-15,17-18H,2-9H2,1H3,(H,23,24)/t14?,15?,18-/m1/s1. The molecule has 2 saturated carbocycles. The minimum Gasteiger partial charge on any atom is -0.493 e. The summed E-state index contributed by atoms with van der Waals surface area (Å²) in [6, 6.07) is 8.22. The van der Waals surface area contributed by atoms with Crippen LogP contribution in [0, 0.1) is 23.2 Å². The average molecular weight is 357 g/mol. The fourth-order valence-corrected chi connectivity index (χ4v) is 4.32. The van der Waals surface area contributed by atoms with Gasteiger partial charge in [-0.3, -0.25) is 4.79 Å². The molecule has 5 heteroatoms. The van der Waals surface area contributed by atoms with E-state index in [1.54, 1.807) is 7.11 Å². The number of benzene rings is 1. The molecule has 3 rings (SSSR count). The lowest BCUT2D eigenvalue weighted by Gasteiger charge is -2.29. The van der Waals surface area contributed by atoms with Gasteiger partial charge in [-0.25, -0.2) is 0 Å². The average Bonchev–Trinajstić information content (AvgIpc) is 3.16. The Labute approximate surface area is 154 Å². The molecule has 0 aromatic heterocycles. The molecule has 26 heavy (non-hydrogen) atoms. The Balaban J connectivity index is 1.76. The Morgan fingerprint density at radius 1 is 1.15 bits per heavy atom. The van der Waals surface area contributed by atoms with Crippen molar-refractivity contribution in [2.45, 2.75) is 63.4 Å². The highest BCUT2D eigenvalue weighted by atomic mass is 16.5. The third-order valence-electron chi connectivity index (χ3n) is 5.87. The van der Waals surface area contributed by atoms with Crippen molar-refractivity contribution in [3.63, 3.8) is 0 Å². The molecule has 1 atom stereocenters. The first-order chi connectivity index (χ1) is 12.6. The summed E-state index contributed by atoms with van der Waals surface area (Å²) in [5, 5.41) is 18.9. The second kappa shape index (κ2) is 8.44. The molecule has 2 fully saturated rings. The van der Waals surface area contributed by atoms with Gasteiger partial charge in [0.25, 0.3) is 0 Å². The molecule has 1 aromatic carbocycles. The van der Waals surface area contributed by atoms with Crippen molar-refractivity contribution in [3.8, 4) is 17.6 Å². The molecule has 5 nitrogen and oxygen atoms in total. The minimum atomic E-state index is -0.714. The number of nitriles is 1. The number of carboxylic acid groups (broad SMARTS) is 1. The number of hydrogen-bond donors (Lipinski definition) is 1. The molecular formula is C21H27NO4. The van der Waals surface area contributed by atoms with E-state index >= 15 is 0 Å². The van der Waals surface area contributed by atoms with E-state index in [1.807, 2.05) is 18.2 Å². The quantitative estimate of drug-likeness (QED) is 0.810. The molecule has 0 unspecified atom stereocenters. The fourth-order valence-electron chi connectivity index (χ4n) is 4.32. The van der Waals surface area contributed by atoms with Crippen LogP contribution < -0.4 is 9.47 Å². The first-order valence-corrected chi connectivity index (χ1v) is 9.59. The van der Waals surface area contributed by atoms with Crippen LogP contribution in [0.25, 0.3) is 0 Å². The summed E-state index contributed by atoms with van der Waals surface area (Å²) in [5.74, 6) is 0.407. The normalized spacial score (nSPS) is 24.6. The summed E-state index contributed by atoms with van der Waals surface area (Å²) in [6.45, 7) is 0. The van der Waals surface area contributed by atoms with Gasteiger partial charge in [-0.15, -0.1) is 0 Å². The van der Waals surface area contributed by atoms with Crippen LogP contribution in [0.5, 0.6) is 11.5 Å². The third-order valence-corrected chi connectivity index (χ3v) is 5.87. The van der Waals surface area contributed by atoms with Gasteiger partial charge in [-0.1, -0.05) is 6.07 Å². The van der Waals surface area contributed by atoms with Gasteiger partial charge in [-0.2, -0.15) is 5.26 Å². The molecule has 140 valence electrons. The van der Waals surface area contributed by atoms with E-state index in [0.29, 0.717) is 18.6 Å². The lowest BCUT2D eigenvalue weighted by molar-refractivity contribution is -0.143. The van der Waals surface area contributed by atoms with Crippen LogP contribution in [0.15, 0.2) is 18.2 Å². The maximum atomic E-state index is 11.2. The molecular weight excluding hydrogens is 330 g/mol. The second-order valence-corrected chi connectivity index (χ2v) is 7.49. The van der Waals surface area contributed by atoms with Crippen molar-refractivity contribution in [3.05, 3.63) is 23.8 Å². The van der Waals surface area contributed by atoms with E-state index in [9.17, 15) is 15.2 Å². The molecule has 0 saturated heterocycles. The topological polar surface area (TPSA) is 79.5 Å². The zero-order valence-corrected chi connectivity index (χ0v) is 15.3. The van der Waals surface area contributed by atoms with Crippen molar-refractivity contribution in [1.82, 2.24) is 0 Å². The maximum absolute atomic E-state index is 11.2. The van der Waals surface area contributed by atoms with E-state index in [4.69, 9.17) is 9.47 Å². The Morgan fingerprint density at radius 3 is 2.42 bits per heavy atom. The summed E-state index contributed by atoms with van der Waals surface area (Å²) in [6.07, 6.45) is 7.61. The molecule has 1 N–H and O–H groups in total. The Morgan fingerprint density at radius 2 is 1.85 bits per heavy atom. The summed E-state index contributed by atoms with van der Waals surface area (Å²) in [7, 11) is 1.63. The molecule has 0 amide bonds. The summed E-state index contributed by atoms with van der Waals surface area (Å²) >= 11 is 0. The van der Waals surface area contributed by atoms with Gasteiger partial charge in [0.1, 0.15) is 0 Å². The predicted octanol–water partition coefficient (Wildman–Crippen LogP) is 4.51. The number of ether oxygens (including phenoxy) is 2. The molecule has 2 aliphatic carbocycles. The van der Waals surface area contributed by atoms with Crippen LogP contribution in [0.3, 0.4) is 0 Å². The number of rotatable bonds is 6. The number of carbonyl (C=O) groups is 1. The first kappa shape index (κ1) is 18.6. The van der Waals surface area contributed by atoms with Crippen molar-refractivity contribution >= 4 is 5.97 Å². The number of hydrogen-bond acceptors (Lipinski definition) is 4. The summed E-state index contributed by atoms with van der Waals surface area (Å²) in [4.78, 5) is 11.2. The van der Waals surface area contributed by atoms with Gasteiger partial charge >= 0.3 is 5.97 Å². The van der Waals surface area contributed by atoms with Crippen LogP contribution in [0.1, 0.15) is 62.8 Å². The molecule has 0 radical (unpaired) electrons. The molecule has 1 aromatic rings. The molecule has 2 aliphatic rings. The van der Waals surface area contributed by atoms with Crippen molar-refractivity contribution in [2.24, 2.45) is 11.8 Å². The van der Waals surface area contributed by atoms with E-state index < -0.39 is 5.97 Å². The highest BCUT2D eigenvalue weighted by Crippen LogP contribution is 2.41. The number of nitrogens with zero attached hydrogens (tertiary/aromatic N) is 1. The molecule has 0 aliphatic heterocycles. The first-order valence-electron chi connectivity index (χ1n) is 9.59. The van der Waals surface area contributed by atoms with Crippen molar-refractivity contribution in [2.75, 3.05) is 7.11 Å². The molecule has 0 bridgehead atoms. The van der Waals surface area contributed by atoms with Gasteiger partial charge in [0, 0.05) is 0 Å². The van der Waals surface area contributed by atoms with E-state index in [-0.39, 0.29) is 23.9 Å². The highest BCUT2D eigenvalue weighted by molar-refractivity contribution is 5.70. The summed E-state index contributed by atoms with van der Waals surface area (Å²) < 4.78 is 11.6. The minimum absolute atomic E-state index is 0.198. The van der Waals surface area contributed by atoms with Gasteiger partial charge in [0.2, 0.25) is 0 Å². The zero-order chi connectivity index (χ0) is 18.5. The molecule has 0 spiro atoms. The second-order valence-electron chi connectivity index (χ2n) is 7.49. The van der Waals surface area contributed by atoms with E-state index in [0.717, 1.165) is 37.0 Å². The predicted molar refractivity (Wildman–Crippen MR) is 97.3 cm³/mol. The van der Waals surface area contributed by atoms with Gasteiger partial charge in [0.15, 0.2) is 11.5 Å². The lowest BCUT2D eigenvalue weighted by atomic mass is 9.74. The lowest BCUT2D eigenvalue weighted by Crippen LogP contribution is -2.24. The van der Waals surface area contributed by atoms with E-state index in [1.165, 1.54) is 12.8 Å². The number of methoxy groups -OCH3 is 1. The van der Waals surface area contributed by atoms with Crippen molar-refractivity contribution in [1.29, 1.82) is 5.26 Å². The Hall–Kier alpha value is -2.22. The smallest absolute Gasteiger partial charge is 0.306 e. The SMILES string of the molecule is COc1ccc([C@H](C#N)C2CCC(C(=O)O)CC2)cc1OC1CCCC1. The maximum Gasteiger partial charge on any atom is 0.306 e. The van der Waals surface area contributed by atoms with Gasteiger partial charge in [-0.05, 0) is 75.0 Å². The van der Waals surface area contributed by atoms with Crippen LogP contribution in [0.2, 0.25) is 0 Å². The van der Waals surface area contributed by atoms with Gasteiger partial charge in [0.05, 0.1) is 31.1 Å². The van der Waals surface area contributed by atoms with E-state index in [2.05, 4.69) is 6.07 Å². The van der Waals surface area contributed by atoms with Crippen LogP contribution in [0.4, 0.5) is 0 Å². The number of carboxylic acids is 1. The zero-order valence-electron chi connectivity index (χ0n) is 15.3. The number of aliphatic carboxylic acids is 1. The fraction of sp³-hybridized carbons (Fsp3) is 0.619. The highest BCUT2D eigenvalue weighted by Gasteiger charge is 2.32. The monoisotopic (exact) mass is 357 g/mol. The van der Waals surface area contributed by atoms with Gasteiger partial charge < -0.3 is 14.6 Å². The molecule has 0 heterocycles. The largest absolute Gasteiger partial charge is 0.493 e. The summed E-state index contributed by atoms with van der Waals surface area (Å²) in [5.41, 5.74) is 0.945. The van der Waals surface area contributed by atoms with Crippen LogP contribution in [-0.4, -0.2) is 24.3 Å².